The number of aliphatic hydroxyl groups is 8. The van der Waals surface area contributed by atoms with Crippen molar-refractivity contribution in [2.45, 2.75) is 189 Å². The fraction of sp³-hybridized carbons (Fsp3) is 0.463. The topological polar surface area (TPSA) is 487 Å². The number of hydrogen-bond acceptors (Lipinski definition) is 30. The van der Waals surface area contributed by atoms with Crippen molar-refractivity contribution in [3.05, 3.63) is 115 Å². The summed E-state index contributed by atoms with van der Waals surface area (Å²) in [7, 11) is 0. The smallest absolute Gasteiger partial charge is 0.167 e. The van der Waals surface area contributed by atoms with Gasteiger partial charge in [-0.3, -0.25) is 18.3 Å². The number of nitrogens with zero attached hydrogens (tertiary/aromatic N) is 16. The van der Waals surface area contributed by atoms with E-state index in [2.05, 4.69) is 118 Å². The van der Waals surface area contributed by atoms with Crippen LogP contribution >= 0.6 is 11.6 Å². The van der Waals surface area contributed by atoms with Gasteiger partial charge < -0.3 is 93.0 Å². The fourth-order valence-corrected chi connectivity index (χ4v) is 12.8. The molecule has 12 heterocycles. The number of halogens is 1. The van der Waals surface area contributed by atoms with Gasteiger partial charge in [-0.2, -0.15) is 0 Å². The minimum atomic E-state index is -0.725. The van der Waals surface area contributed by atoms with Crippen molar-refractivity contribution in [1.29, 1.82) is 0 Å². The monoisotopic (exact) mass is 1620 g/mol. The van der Waals surface area contributed by atoms with Crippen LogP contribution in [0.25, 0.3) is 44.7 Å². The molecule has 10 aromatic rings. The second-order valence-electron chi connectivity index (χ2n) is 27.0. The zero-order valence-electron chi connectivity index (χ0n) is 65.0. The van der Waals surface area contributed by atoms with Gasteiger partial charge in [-0.1, -0.05) is 86.6 Å². The molecule has 0 radical (unpaired) electrons. The number of ether oxygens (including phenoxy) is 4. The Morgan fingerprint density at radius 2 is 0.752 bits per heavy atom. The molecule has 0 aliphatic carbocycles. The normalized spacial score (nSPS) is 20.7. The lowest BCUT2D eigenvalue weighted by Crippen LogP contribution is -2.24. The van der Waals surface area contributed by atoms with Gasteiger partial charge in [0.15, 0.2) is 61.7 Å². The summed E-state index contributed by atoms with van der Waals surface area (Å²) in [6.45, 7) is 1.45. The SMILES string of the molecule is C#CCCCCCCCCN.C#CCCCCCCCCNc1ncnc2c1ncn2[C@H]1CC(O)[C@@H](CO)O1.C#CCN.C#CCNc1ncnc2c1ncn2[C@H]1CC(O)[C@@H](CO)O1.C#Cc1ccc(N)cc1.C#Cc1ccc(Nc2ncnc3c2ncn3[C@H]2CC(O)[C@@H](CO)O2)cc1.OC[C@H]1O[C@@H](n2cnc3c(Cl)ncnc32)CC1O. The second-order valence-corrected chi connectivity index (χ2v) is 27.4. The Kier molecular flexibility index (Phi) is 38.4. The highest BCUT2D eigenvalue weighted by molar-refractivity contribution is 6.33. The van der Waals surface area contributed by atoms with Crippen molar-refractivity contribution in [2.24, 2.45) is 11.5 Å². The number of nitrogens with two attached hydrogens (primary N) is 3. The molecule has 4 unspecified atom stereocenters. The number of nitrogen functional groups attached to an aromatic ring is 1. The van der Waals surface area contributed by atoms with E-state index in [0.29, 0.717) is 101 Å². The van der Waals surface area contributed by atoms with Crippen molar-refractivity contribution >= 4 is 85.1 Å². The average molecular weight is 1620 g/mol. The predicted octanol–water partition coefficient (Wildman–Crippen LogP) is 6.20. The van der Waals surface area contributed by atoms with Gasteiger partial charge in [-0.25, -0.2) is 59.8 Å². The van der Waals surface area contributed by atoms with Gasteiger partial charge in [-0.05, 0) is 80.8 Å². The van der Waals surface area contributed by atoms with E-state index in [1.54, 1.807) is 55.7 Å². The van der Waals surface area contributed by atoms with E-state index in [9.17, 15) is 30.6 Å². The van der Waals surface area contributed by atoms with Crippen molar-refractivity contribution in [3.8, 4) is 74.1 Å². The number of unbranched alkanes of at least 4 members (excludes halogenated alkanes) is 12. The minimum Gasteiger partial charge on any atom is -0.399 e. The van der Waals surface area contributed by atoms with Gasteiger partial charge in [0.1, 0.15) is 80.2 Å². The third kappa shape index (κ3) is 26.5. The molecule has 14 rings (SSSR count). The quantitative estimate of drug-likeness (QED) is 0.0112. The Labute approximate surface area is 684 Å². The zero-order valence-corrected chi connectivity index (χ0v) is 65.7. The molecule has 17 N–H and O–H groups in total. The van der Waals surface area contributed by atoms with E-state index in [1.165, 1.54) is 89.5 Å². The Hall–Kier alpha value is -11.1. The van der Waals surface area contributed by atoms with Crippen LogP contribution in [0.5, 0.6) is 0 Å². The summed E-state index contributed by atoms with van der Waals surface area (Å²) in [6.07, 6.45) is 53.9. The minimum absolute atomic E-state index is 0.212. The number of hydrogen-bond donors (Lipinski definition) is 14. The third-order valence-electron chi connectivity index (χ3n) is 18.9. The summed E-state index contributed by atoms with van der Waals surface area (Å²) < 4.78 is 29.5. The highest BCUT2D eigenvalue weighted by Crippen LogP contribution is 2.36. The summed E-state index contributed by atoms with van der Waals surface area (Å²) in [4.78, 5) is 50.7. The molecule has 4 aliphatic rings. The van der Waals surface area contributed by atoms with E-state index in [1.807, 2.05) is 36.4 Å². The van der Waals surface area contributed by atoms with Crippen LogP contribution in [0.3, 0.4) is 0 Å². The van der Waals surface area contributed by atoms with Crippen LogP contribution in [-0.4, -0.2) is 220 Å². The van der Waals surface area contributed by atoms with Gasteiger partial charge in [-0.15, -0.1) is 50.4 Å². The Bertz CT molecular complexity index is 4910. The van der Waals surface area contributed by atoms with Crippen LogP contribution in [0.15, 0.2) is 99.1 Å². The maximum Gasteiger partial charge on any atom is 0.167 e. The molecule has 0 saturated carbocycles. The maximum atomic E-state index is 9.96. The van der Waals surface area contributed by atoms with Crippen LogP contribution < -0.4 is 33.2 Å². The molecule has 4 fully saturated rings. The van der Waals surface area contributed by atoms with E-state index < -0.39 is 73.7 Å². The van der Waals surface area contributed by atoms with Crippen molar-refractivity contribution in [1.82, 2.24) is 78.1 Å². The van der Waals surface area contributed by atoms with Gasteiger partial charge in [0.2, 0.25) is 0 Å². The third-order valence-corrected chi connectivity index (χ3v) is 19.1. The lowest BCUT2D eigenvalue weighted by atomic mass is 10.1. The number of terminal acetylenes is 6. The van der Waals surface area contributed by atoms with Gasteiger partial charge >= 0.3 is 0 Å². The molecule has 12 atom stereocenters. The molecule has 0 amide bonds. The van der Waals surface area contributed by atoms with Gasteiger partial charge in [0.05, 0.1) is 89.2 Å². The lowest BCUT2D eigenvalue weighted by Gasteiger charge is -2.13. The first-order valence-electron chi connectivity index (χ1n) is 38.4. The van der Waals surface area contributed by atoms with Crippen LogP contribution in [-0.2, 0) is 18.9 Å². The van der Waals surface area contributed by atoms with Crippen LogP contribution in [0, 0.1) is 74.1 Å². The van der Waals surface area contributed by atoms with Crippen LogP contribution in [0.1, 0.15) is 152 Å². The molecule has 620 valence electrons. The number of rotatable bonds is 28. The number of fused-ring (bicyclic) bond motifs is 4. The zero-order chi connectivity index (χ0) is 83.9. The molecule has 4 saturated heterocycles. The number of nitrogens with one attached hydrogen (secondary N) is 3. The summed E-state index contributed by atoms with van der Waals surface area (Å²) in [5.41, 5.74) is 23.5. The Morgan fingerprint density at radius 1 is 0.410 bits per heavy atom. The van der Waals surface area contributed by atoms with Gasteiger partial charge in [0, 0.05) is 67.6 Å². The molecule has 8 aromatic heterocycles. The van der Waals surface area contributed by atoms with Crippen molar-refractivity contribution in [3.63, 3.8) is 0 Å². The number of benzene rings is 2. The first kappa shape index (κ1) is 91.5. The molecule has 34 nitrogen and oxygen atoms in total. The highest BCUT2D eigenvalue weighted by atomic mass is 35.5. The lowest BCUT2D eigenvalue weighted by molar-refractivity contribution is -0.0432. The molecule has 0 bridgehead atoms. The van der Waals surface area contributed by atoms with Crippen LogP contribution in [0.2, 0.25) is 5.15 Å². The molecule has 35 heteroatoms. The largest absolute Gasteiger partial charge is 0.399 e. The molecule has 4 aliphatic heterocycles. The average Bonchev–Trinajstić information content (AvgIpc) is 1.66. The predicted molar refractivity (Wildman–Crippen MR) is 444 cm³/mol. The molecule has 2 aromatic carbocycles. The first-order chi connectivity index (χ1) is 57.0. The van der Waals surface area contributed by atoms with Gasteiger partial charge in [0.25, 0.3) is 0 Å². The fourth-order valence-electron chi connectivity index (χ4n) is 12.6. The van der Waals surface area contributed by atoms with E-state index in [0.717, 1.165) is 61.3 Å². The van der Waals surface area contributed by atoms with E-state index in [-0.39, 0.29) is 31.6 Å². The van der Waals surface area contributed by atoms with Crippen LogP contribution in [0.4, 0.5) is 28.8 Å². The first-order valence-corrected chi connectivity index (χ1v) is 38.8. The summed E-state index contributed by atoms with van der Waals surface area (Å²) in [5, 5.41) is 85.9. The summed E-state index contributed by atoms with van der Waals surface area (Å²) >= 11 is 5.90. The standard InChI is InChI=1S/C20H29N5O3.C18H17N5O3.C13H15N5O3.C10H11ClN4O3.C10H19N.C8H7N.C3H5N/c1-2-3-4-5-6-7-8-9-10-21-19-18-20(23-13-22-19)25(14-24-18)17-11-15(27)16(12-26)28-17;1-2-11-3-5-12(6-4-11)22-17-16-18(20-9-19-17)23(10-21-16)15-7-13(25)14(8-24)26-15;1-2-3-14-12-11-13(16-6-15-12)18(7-17-11)10-4-8(20)9(5-19)21-10;11-9-8-10(13-3-12-9)15(4-14-8)7-1-5(17)6(2-16)18-7;1-2-3-4-5-6-7-8-9-10-11;1-2-7-3-5-8(9)6-4-7;1-2-3-4/h1,13-17,26-27H,3-12H2,(H,21,22,23);1,3-6,9-10,13-15,24-25H,7-8H2,(H,19,20,22);1,6-10,19-20H,3-5H2,(H,14,15,16);3-7,16-17H,1-2H2;1H,3-11H2;1,3-6H,9H2;1H,3-4H2/t15?,16-,17-;13?,14-,15-;8?,9-,10-;5?,6-,7-;;;/m1111.../s1. The molecular weight excluding hydrogens is 1520 g/mol. The van der Waals surface area contributed by atoms with E-state index in [4.69, 9.17) is 90.1 Å². The summed E-state index contributed by atoms with van der Waals surface area (Å²) in [5.74, 6) is 16.9. The number of aliphatic hydroxyl groups excluding tert-OH is 8. The van der Waals surface area contributed by atoms with Crippen molar-refractivity contribution < 1.29 is 59.8 Å². The molecular formula is C82H103ClN22O12. The molecule has 0 spiro atoms. The Morgan fingerprint density at radius 3 is 1.12 bits per heavy atom. The van der Waals surface area contributed by atoms with Crippen molar-refractivity contribution in [2.75, 3.05) is 74.3 Å². The van der Waals surface area contributed by atoms with E-state index >= 15 is 0 Å². The number of aromatic nitrogens is 16. The number of anilines is 5. The molecule has 117 heavy (non-hydrogen) atoms. The maximum absolute atomic E-state index is 9.96. The highest BCUT2D eigenvalue weighted by Gasteiger charge is 2.39. The summed E-state index contributed by atoms with van der Waals surface area (Å²) in [6, 6.07) is 14.6. The number of imidazole rings is 4. The Balaban J connectivity index is 0.000000179. The second kappa shape index (κ2) is 49.1.